The molecule has 0 rings (SSSR count). The topological polar surface area (TPSA) is 0 Å². The molecule has 0 aliphatic rings. The third-order valence-electron chi connectivity index (χ3n) is 4.30. The van der Waals surface area contributed by atoms with E-state index in [0.29, 0.717) is 0 Å². The molecule has 0 heterocycles. The molecule has 18 heavy (non-hydrogen) atoms. The van der Waals surface area contributed by atoms with Gasteiger partial charge in [-0.3, -0.25) is 0 Å². The summed E-state index contributed by atoms with van der Waals surface area (Å²) in [5, 5.41) is 0. The second kappa shape index (κ2) is 13.9. The van der Waals surface area contributed by atoms with Gasteiger partial charge in [-0.05, 0) is 0 Å². The molecule has 0 fully saturated rings. The van der Waals surface area contributed by atoms with Gasteiger partial charge in [0.15, 0.2) is 0 Å². The molecule has 0 aromatic carbocycles. The van der Waals surface area contributed by atoms with E-state index in [9.17, 15) is 0 Å². The van der Waals surface area contributed by atoms with Gasteiger partial charge in [0.25, 0.3) is 0 Å². The fraction of sp³-hybridized carbons (Fsp3) is 0.875. The summed E-state index contributed by atoms with van der Waals surface area (Å²) in [6.07, 6.45) is 9.54. The summed E-state index contributed by atoms with van der Waals surface area (Å²) >= 11 is -1.97. The molecular formula is C16H34SnY-2. The number of unbranched alkanes of at least 4 members (excludes halogenated alkanes) is 3. The van der Waals surface area contributed by atoms with Crippen LogP contribution in [-0.2, 0) is 32.7 Å². The Morgan fingerprint density at radius 3 is 1.39 bits per heavy atom. The Labute approximate surface area is 146 Å². The zero-order chi connectivity index (χ0) is 13.1. The van der Waals surface area contributed by atoms with Crippen LogP contribution in [0.3, 0.4) is 0 Å². The molecule has 1 unspecified atom stereocenters. The fourth-order valence-electron chi connectivity index (χ4n) is 2.88. The van der Waals surface area contributed by atoms with E-state index in [0.717, 1.165) is 10.4 Å². The second-order valence-corrected chi connectivity index (χ2v) is 20.0. The molecule has 2 heteroatoms. The van der Waals surface area contributed by atoms with Crippen LogP contribution in [0.4, 0.5) is 0 Å². The largest absolute Gasteiger partial charge is 0 e. The van der Waals surface area contributed by atoms with E-state index in [-0.39, 0.29) is 32.7 Å². The average molecular weight is 434 g/mol. The zero-order valence-electron chi connectivity index (χ0n) is 13.1. The molecule has 0 aromatic heterocycles. The first kappa shape index (κ1) is 22.2. The molecule has 0 N–H and O–H groups in total. The van der Waals surface area contributed by atoms with E-state index in [1.165, 1.54) is 38.5 Å². The summed E-state index contributed by atoms with van der Waals surface area (Å²) in [5.41, 5.74) is 0. The summed E-state index contributed by atoms with van der Waals surface area (Å²) in [7, 11) is 0. The Morgan fingerprint density at radius 1 is 0.833 bits per heavy atom. The van der Waals surface area contributed by atoms with Gasteiger partial charge in [0.1, 0.15) is 0 Å². The zero-order valence-corrected chi connectivity index (χ0v) is 18.8. The van der Waals surface area contributed by atoms with Gasteiger partial charge in [0, 0.05) is 32.7 Å². The molecule has 0 aliphatic heterocycles. The van der Waals surface area contributed by atoms with Gasteiger partial charge in [-0.15, -0.1) is 0 Å². The Morgan fingerprint density at radius 2 is 1.17 bits per heavy atom. The van der Waals surface area contributed by atoms with Crippen molar-refractivity contribution in [2.24, 2.45) is 0 Å². The molecule has 0 saturated carbocycles. The van der Waals surface area contributed by atoms with E-state index < -0.39 is 18.4 Å². The van der Waals surface area contributed by atoms with E-state index in [2.05, 4.69) is 34.6 Å². The Hall–Kier alpha value is 1.90. The van der Waals surface area contributed by atoms with Crippen LogP contribution in [0.1, 0.15) is 65.7 Å². The van der Waals surface area contributed by atoms with E-state index >= 15 is 0 Å². The summed E-state index contributed by atoms with van der Waals surface area (Å²) in [6.45, 7) is 15.7. The fourth-order valence-corrected chi connectivity index (χ4v) is 19.3. The molecule has 0 spiro atoms. The van der Waals surface area contributed by atoms with Crippen molar-refractivity contribution in [3.8, 4) is 0 Å². The van der Waals surface area contributed by atoms with Crippen LogP contribution in [0.15, 0.2) is 0 Å². The van der Waals surface area contributed by atoms with E-state index in [4.69, 9.17) is 0 Å². The van der Waals surface area contributed by atoms with Crippen molar-refractivity contribution in [2.45, 2.75) is 83.0 Å². The minimum atomic E-state index is -1.97. The summed E-state index contributed by atoms with van der Waals surface area (Å²) < 4.78 is 5.49. The number of hydrogen-bond donors (Lipinski definition) is 0. The van der Waals surface area contributed by atoms with Crippen LogP contribution in [0.2, 0.25) is 17.2 Å². The summed E-state index contributed by atoms with van der Waals surface area (Å²) in [4.78, 5) is 0. The quantitative estimate of drug-likeness (QED) is 0.266. The first-order chi connectivity index (χ1) is 8.16. The molecule has 1 atom stereocenters. The molecule has 107 valence electrons. The third kappa shape index (κ3) is 8.25. The van der Waals surface area contributed by atoms with Crippen molar-refractivity contribution < 1.29 is 32.7 Å². The number of rotatable bonds is 11. The maximum Gasteiger partial charge on any atom is 0 e. The standard InChI is InChI=1S/3C4H9.C4H7.Sn.Y/c4*1-3-4-2;;/h3*1,3-4H2,2H3;3H,1-2,4H2;;/q;;;-2;;. The first-order valence-electron chi connectivity index (χ1n) is 7.79. The SMILES string of the molecule is [CH2-]C[CH]([CH2-])[Sn]([CH2]CCC)([CH2]CCC)[CH2]CCC.[Y]. The van der Waals surface area contributed by atoms with Gasteiger partial charge in [0.05, 0.1) is 0 Å². The van der Waals surface area contributed by atoms with Gasteiger partial charge >= 0.3 is 115 Å². The van der Waals surface area contributed by atoms with Crippen LogP contribution in [0, 0.1) is 13.8 Å². The van der Waals surface area contributed by atoms with Crippen molar-refractivity contribution in [1.29, 1.82) is 0 Å². The maximum absolute atomic E-state index is 4.52. The van der Waals surface area contributed by atoms with Crippen LogP contribution < -0.4 is 0 Å². The smallest absolute Gasteiger partial charge is 0 e. The van der Waals surface area contributed by atoms with Gasteiger partial charge in [0.2, 0.25) is 0 Å². The van der Waals surface area contributed by atoms with Gasteiger partial charge in [-0.25, -0.2) is 0 Å². The average Bonchev–Trinajstić information content (AvgIpc) is 2.37. The monoisotopic (exact) mass is 435 g/mol. The molecule has 0 nitrogen and oxygen atoms in total. The second-order valence-electron chi connectivity index (χ2n) is 5.66. The first-order valence-corrected chi connectivity index (χ1v) is 15.5. The Balaban J connectivity index is 0. The van der Waals surface area contributed by atoms with Crippen LogP contribution in [0.5, 0.6) is 0 Å². The third-order valence-corrected chi connectivity index (χ3v) is 21.6. The molecule has 0 aliphatic carbocycles. The van der Waals surface area contributed by atoms with E-state index in [1.807, 2.05) is 0 Å². The Bertz CT molecular complexity index is 149. The summed E-state index contributed by atoms with van der Waals surface area (Å²) in [5.74, 6) is 0. The van der Waals surface area contributed by atoms with Gasteiger partial charge in [-0.1, -0.05) is 0 Å². The molecule has 0 amide bonds. The minimum absolute atomic E-state index is 0. The normalized spacial score (nSPS) is 13.2. The van der Waals surface area contributed by atoms with Crippen LogP contribution in [-0.4, -0.2) is 18.4 Å². The van der Waals surface area contributed by atoms with Crippen molar-refractivity contribution in [1.82, 2.24) is 0 Å². The predicted molar refractivity (Wildman–Crippen MR) is 84.0 cm³/mol. The van der Waals surface area contributed by atoms with Gasteiger partial charge in [-0.2, -0.15) is 0 Å². The van der Waals surface area contributed by atoms with Gasteiger partial charge < -0.3 is 0 Å². The van der Waals surface area contributed by atoms with Crippen LogP contribution in [0.25, 0.3) is 0 Å². The maximum atomic E-state index is 4.52. The Kier molecular flexibility index (Phi) is 17.1. The molecule has 1 radical (unpaired) electrons. The van der Waals surface area contributed by atoms with Crippen LogP contribution >= 0.6 is 0 Å². The number of hydrogen-bond acceptors (Lipinski definition) is 0. The van der Waals surface area contributed by atoms with Crippen molar-refractivity contribution in [3.05, 3.63) is 13.8 Å². The summed E-state index contributed by atoms with van der Waals surface area (Å²) in [6, 6.07) is 0. The molecule has 0 saturated heterocycles. The van der Waals surface area contributed by atoms with Crippen molar-refractivity contribution in [2.75, 3.05) is 0 Å². The molecular weight excluding hydrogens is 400 g/mol. The van der Waals surface area contributed by atoms with E-state index in [1.54, 1.807) is 13.3 Å². The molecule has 0 bridgehead atoms. The molecule has 0 aromatic rings. The van der Waals surface area contributed by atoms with Crippen molar-refractivity contribution in [3.63, 3.8) is 0 Å². The predicted octanol–water partition coefficient (Wildman–Crippen LogP) is 6.26. The van der Waals surface area contributed by atoms with Crippen molar-refractivity contribution >= 4 is 18.4 Å². The minimum Gasteiger partial charge on any atom is 0 e.